The maximum atomic E-state index is 12.1. The average Bonchev–Trinajstić information content (AvgIpc) is 2.34. The van der Waals surface area contributed by atoms with E-state index in [4.69, 9.17) is 17.1 Å². The predicted octanol–water partition coefficient (Wildman–Crippen LogP) is 1.71. The van der Waals surface area contributed by atoms with Crippen molar-refractivity contribution in [3.05, 3.63) is 29.8 Å². The van der Waals surface area contributed by atoms with Gasteiger partial charge in [0, 0.05) is 17.2 Å². The molecule has 4 nitrogen and oxygen atoms in total. The summed E-state index contributed by atoms with van der Waals surface area (Å²) < 4.78 is 22.8. The van der Waals surface area contributed by atoms with Crippen molar-refractivity contribution in [2.75, 3.05) is 13.1 Å². The molecule has 0 aliphatic carbocycles. The molecule has 0 radical (unpaired) electrons. The summed E-state index contributed by atoms with van der Waals surface area (Å²) in [7, 11) is 1.33. The standard InChI is InChI=1S/C12H12ClNO3S/c1-3-9-14(4-2)12(15)10-7-5-6-8-11(10)18(13,16)17/h1,5-8H,4,9H2,2H3. The van der Waals surface area contributed by atoms with Crippen LogP contribution >= 0.6 is 10.7 Å². The highest BCUT2D eigenvalue weighted by molar-refractivity contribution is 8.13. The van der Waals surface area contributed by atoms with Crippen molar-refractivity contribution in [3.63, 3.8) is 0 Å². The second-order valence-corrected chi connectivity index (χ2v) is 5.99. The van der Waals surface area contributed by atoms with Crippen LogP contribution in [0.5, 0.6) is 0 Å². The molecule has 0 aliphatic rings. The fraction of sp³-hybridized carbons (Fsp3) is 0.250. The molecule has 0 heterocycles. The van der Waals surface area contributed by atoms with Crippen LogP contribution in [-0.4, -0.2) is 32.3 Å². The van der Waals surface area contributed by atoms with Crippen molar-refractivity contribution in [1.82, 2.24) is 4.90 Å². The summed E-state index contributed by atoms with van der Waals surface area (Å²) in [6, 6.07) is 5.78. The van der Waals surface area contributed by atoms with E-state index in [2.05, 4.69) is 5.92 Å². The van der Waals surface area contributed by atoms with Gasteiger partial charge in [0.1, 0.15) is 0 Å². The molecule has 0 N–H and O–H groups in total. The summed E-state index contributed by atoms with van der Waals surface area (Å²) in [6.45, 7) is 2.26. The summed E-state index contributed by atoms with van der Waals surface area (Å²) in [5.74, 6) is 1.90. The highest BCUT2D eigenvalue weighted by Crippen LogP contribution is 2.21. The Balaban J connectivity index is 3.26. The molecule has 0 saturated heterocycles. The lowest BCUT2D eigenvalue weighted by Gasteiger charge is -2.19. The SMILES string of the molecule is C#CCN(CC)C(=O)c1ccccc1S(=O)(=O)Cl. The Hall–Kier alpha value is -1.51. The minimum Gasteiger partial charge on any atom is -0.328 e. The van der Waals surface area contributed by atoms with Gasteiger partial charge in [-0.1, -0.05) is 18.1 Å². The molecule has 1 aromatic rings. The number of halogens is 1. The molecule has 0 aliphatic heterocycles. The van der Waals surface area contributed by atoms with Crippen LogP contribution in [0.2, 0.25) is 0 Å². The van der Waals surface area contributed by atoms with Crippen LogP contribution in [0.25, 0.3) is 0 Å². The van der Waals surface area contributed by atoms with Gasteiger partial charge < -0.3 is 4.90 Å². The number of carbonyl (C=O) groups is 1. The quantitative estimate of drug-likeness (QED) is 0.625. The number of benzene rings is 1. The van der Waals surface area contributed by atoms with Gasteiger partial charge in [-0.3, -0.25) is 4.79 Å². The van der Waals surface area contributed by atoms with Gasteiger partial charge in [-0.05, 0) is 19.1 Å². The molecule has 96 valence electrons. The lowest BCUT2D eigenvalue weighted by molar-refractivity contribution is 0.0781. The third-order valence-electron chi connectivity index (χ3n) is 2.33. The van der Waals surface area contributed by atoms with Gasteiger partial charge in [-0.15, -0.1) is 6.42 Å². The van der Waals surface area contributed by atoms with E-state index < -0.39 is 15.0 Å². The van der Waals surface area contributed by atoms with Crippen LogP contribution < -0.4 is 0 Å². The van der Waals surface area contributed by atoms with Crippen LogP contribution in [-0.2, 0) is 9.05 Å². The summed E-state index contributed by atoms with van der Waals surface area (Å²) in [6.07, 6.45) is 5.16. The maximum absolute atomic E-state index is 12.1. The number of carbonyl (C=O) groups excluding carboxylic acids is 1. The van der Waals surface area contributed by atoms with Crippen molar-refractivity contribution in [2.24, 2.45) is 0 Å². The molecule has 1 rings (SSSR count). The van der Waals surface area contributed by atoms with Gasteiger partial charge in [0.15, 0.2) is 0 Å². The topological polar surface area (TPSA) is 54.5 Å². The average molecular weight is 286 g/mol. The van der Waals surface area contributed by atoms with Crippen LogP contribution in [0.15, 0.2) is 29.2 Å². The third kappa shape index (κ3) is 3.25. The number of amides is 1. The Morgan fingerprint density at radius 2 is 2.06 bits per heavy atom. The largest absolute Gasteiger partial charge is 0.328 e. The van der Waals surface area contributed by atoms with Crippen LogP contribution in [0.4, 0.5) is 0 Å². The van der Waals surface area contributed by atoms with Crippen molar-refractivity contribution in [1.29, 1.82) is 0 Å². The molecule has 0 aromatic heterocycles. The van der Waals surface area contributed by atoms with Crippen molar-refractivity contribution in [2.45, 2.75) is 11.8 Å². The van der Waals surface area contributed by atoms with E-state index in [9.17, 15) is 13.2 Å². The molecule has 0 saturated carbocycles. The van der Waals surface area contributed by atoms with Crippen LogP contribution in [0, 0.1) is 12.3 Å². The Labute approximate surface area is 111 Å². The Bertz CT molecular complexity index is 590. The minimum absolute atomic E-state index is 0.0320. The number of nitrogens with zero attached hydrogens (tertiary/aromatic N) is 1. The number of rotatable bonds is 4. The Morgan fingerprint density at radius 3 is 2.56 bits per heavy atom. The molecular formula is C12H12ClNO3S. The minimum atomic E-state index is -3.96. The fourth-order valence-electron chi connectivity index (χ4n) is 1.46. The van der Waals surface area contributed by atoms with Crippen molar-refractivity contribution >= 4 is 25.6 Å². The highest BCUT2D eigenvalue weighted by atomic mass is 35.7. The smallest absolute Gasteiger partial charge is 0.262 e. The zero-order chi connectivity index (χ0) is 13.8. The van der Waals surface area contributed by atoms with E-state index in [1.165, 1.54) is 23.1 Å². The lowest BCUT2D eigenvalue weighted by atomic mass is 10.2. The first-order valence-corrected chi connectivity index (χ1v) is 7.49. The lowest BCUT2D eigenvalue weighted by Crippen LogP contribution is -2.31. The zero-order valence-corrected chi connectivity index (χ0v) is 11.3. The van der Waals surface area contributed by atoms with Crippen LogP contribution in [0.1, 0.15) is 17.3 Å². The molecule has 0 spiro atoms. The Morgan fingerprint density at radius 1 is 1.44 bits per heavy atom. The van der Waals surface area contributed by atoms with E-state index in [0.29, 0.717) is 6.54 Å². The number of hydrogen-bond acceptors (Lipinski definition) is 3. The highest BCUT2D eigenvalue weighted by Gasteiger charge is 2.22. The first kappa shape index (κ1) is 14.6. The fourth-order valence-corrected chi connectivity index (χ4v) is 2.53. The molecule has 0 atom stereocenters. The first-order chi connectivity index (χ1) is 8.41. The van der Waals surface area contributed by atoms with E-state index in [0.717, 1.165) is 0 Å². The summed E-state index contributed by atoms with van der Waals surface area (Å²) in [5, 5.41) is 0. The van der Waals surface area contributed by atoms with Gasteiger partial charge >= 0.3 is 0 Å². The van der Waals surface area contributed by atoms with E-state index in [-0.39, 0.29) is 17.0 Å². The molecule has 6 heteroatoms. The molecule has 1 amide bonds. The van der Waals surface area contributed by atoms with Gasteiger partial charge in [-0.2, -0.15) is 0 Å². The van der Waals surface area contributed by atoms with Gasteiger partial charge in [0.25, 0.3) is 15.0 Å². The molecule has 18 heavy (non-hydrogen) atoms. The van der Waals surface area contributed by atoms with Gasteiger partial charge in [0.05, 0.1) is 17.0 Å². The summed E-state index contributed by atoms with van der Waals surface area (Å²) >= 11 is 0. The number of hydrogen-bond donors (Lipinski definition) is 0. The zero-order valence-electron chi connectivity index (χ0n) is 9.76. The normalized spacial score (nSPS) is 10.7. The Kier molecular flexibility index (Phi) is 4.76. The first-order valence-electron chi connectivity index (χ1n) is 5.18. The van der Waals surface area contributed by atoms with E-state index >= 15 is 0 Å². The molecule has 1 aromatic carbocycles. The van der Waals surface area contributed by atoms with Crippen molar-refractivity contribution < 1.29 is 13.2 Å². The third-order valence-corrected chi connectivity index (χ3v) is 3.71. The van der Waals surface area contributed by atoms with E-state index in [1.807, 2.05) is 0 Å². The molecule has 0 bridgehead atoms. The monoisotopic (exact) mass is 285 g/mol. The van der Waals surface area contributed by atoms with Gasteiger partial charge in [-0.25, -0.2) is 8.42 Å². The van der Waals surface area contributed by atoms with E-state index in [1.54, 1.807) is 13.0 Å². The molecule has 0 fully saturated rings. The summed E-state index contributed by atoms with van der Waals surface area (Å²) in [5.41, 5.74) is 0.0320. The molecular weight excluding hydrogens is 274 g/mol. The molecule has 0 unspecified atom stereocenters. The summed E-state index contributed by atoms with van der Waals surface area (Å²) in [4.78, 5) is 13.3. The second kappa shape index (κ2) is 5.89. The van der Waals surface area contributed by atoms with Crippen molar-refractivity contribution in [3.8, 4) is 12.3 Å². The number of terminal acetylenes is 1. The van der Waals surface area contributed by atoms with Crippen LogP contribution in [0.3, 0.4) is 0 Å². The maximum Gasteiger partial charge on any atom is 0.262 e. The predicted molar refractivity (Wildman–Crippen MR) is 69.9 cm³/mol. The second-order valence-electron chi connectivity index (χ2n) is 3.46. The van der Waals surface area contributed by atoms with Gasteiger partial charge in [0.2, 0.25) is 0 Å².